The Bertz CT molecular complexity index is 477. The molecule has 1 aromatic heterocycles. The molecule has 1 aromatic rings. The summed E-state index contributed by atoms with van der Waals surface area (Å²) in [7, 11) is 0. The number of aromatic nitrogens is 2. The molecule has 1 amide bonds. The molecular weight excluding hydrogens is 248 g/mol. The highest BCUT2D eigenvalue weighted by Gasteiger charge is 2.41. The normalized spacial score (nSPS) is 25.5. The first kappa shape index (κ1) is 13.5. The lowest BCUT2D eigenvalue weighted by Crippen LogP contribution is -2.54. The largest absolute Gasteiger partial charge is 0.398 e. The van der Waals surface area contributed by atoms with Crippen molar-refractivity contribution in [3.8, 4) is 0 Å². The van der Waals surface area contributed by atoms with E-state index in [4.69, 9.17) is 10.6 Å². The van der Waals surface area contributed by atoms with Crippen LogP contribution in [0.25, 0.3) is 0 Å². The lowest BCUT2D eigenvalue weighted by atomic mass is 9.70. The molecule has 7 nitrogen and oxygen atoms in total. The molecule has 0 saturated heterocycles. The molecular formula is C12H18N4O3. The Balaban J connectivity index is 1.89. The number of carbonyl (C=O) groups is 2. The molecule has 3 N–H and O–H groups in total. The van der Waals surface area contributed by atoms with E-state index < -0.39 is 5.97 Å². The zero-order valence-corrected chi connectivity index (χ0v) is 11.0. The number of aryl methyl sites for hydroxylation is 1. The maximum atomic E-state index is 11.8. The van der Waals surface area contributed by atoms with Gasteiger partial charge in [0.2, 0.25) is 5.82 Å². The molecule has 1 aliphatic rings. The van der Waals surface area contributed by atoms with Crippen LogP contribution in [0, 0.1) is 11.8 Å². The minimum atomic E-state index is -0.680. The summed E-state index contributed by atoms with van der Waals surface area (Å²) in [5.74, 6) is -0.950. The second-order valence-electron chi connectivity index (χ2n) is 4.80. The standard InChI is InChI=1S/C12H18N4O3/c1-3-16-5-4-14-10(16)12(18)19-15-11(17)9-7(2)6-8(9)13/h4-5,7-9H,3,6,13H2,1-2H3,(H,15,17)/t7-,8-,9?/m1/s1. The van der Waals surface area contributed by atoms with Gasteiger partial charge in [-0.25, -0.2) is 9.78 Å². The van der Waals surface area contributed by atoms with Crippen LogP contribution in [0.15, 0.2) is 12.4 Å². The number of hydroxylamine groups is 1. The second kappa shape index (κ2) is 5.40. The zero-order valence-electron chi connectivity index (χ0n) is 11.0. The highest BCUT2D eigenvalue weighted by atomic mass is 16.7. The molecule has 0 aromatic carbocycles. The average molecular weight is 266 g/mol. The van der Waals surface area contributed by atoms with E-state index in [1.165, 1.54) is 6.20 Å². The number of hydrogen-bond donors (Lipinski definition) is 2. The molecule has 0 bridgehead atoms. The molecule has 1 saturated carbocycles. The van der Waals surface area contributed by atoms with E-state index in [2.05, 4.69) is 10.5 Å². The predicted molar refractivity (Wildman–Crippen MR) is 66.7 cm³/mol. The average Bonchev–Trinajstić information content (AvgIpc) is 2.83. The molecule has 0 aliphatic heterocycles. The van der Waals surface area contributed by atoms with Gasteiger partial charge >= 0.3 is 5.97 Å². The summed E-state index contributed by atoms with van der Waals surface area (Å²) in [6.45, 7) is 4.42. The Labute approximate surface area is 111 Å². The van der Waals surface area contributed by atoms with E-state index in [-0.39, 0.29) is 29.6 Å². The van der Waals surface area contributed by atoms with Gasteiger partial charge in [-0.1, -0.05) is 6.92 Å². The Morgan fingerprint density at radius 3 is 2.95 bits per heavy atom. The number of rotatable bonds is 3. The molecule has 1 unspecified atom stereocenters. The van der Waals surface area contributed by atoms with Crippen molar-refractivity contribution in [1.82, 2.24) is 15.0 Å². The van der Waals surface area contributed by atoms with Crippen LogP contribution in [0.3, 0.4) is 0 Å². The molecule has 1 heterocycles. The molecule has 2 rings (SSSR count). The summed E-state index contributed by atoms with van der Waals surface area (Å²) in [5, 5.41) is 0. The van der Waals surface area contributed by atoms with E-state index >= 15 is 0 Å². The first-order chi connectivity index (χ1) is 9.04. The van der Waals surface area contributed by atoms with E-state index in [1.54, 1.807) is 10.8 Å². The molecule has 1 aliphatic carbocycles. The molecule has 19 heavy (non-hydrogen) atoms. The van der Waals surface area contributed by atoms with E-state index in [0.29, 0.717) is 6.54 Å². The second-order valence-corrected chi connectivity index (χ2v) is 4.80. The smallest absolute Gasteiger partial charge is 0.332 e. The Kier molecular flexibility index (Phi) is 3.84. The third-order valence-corrected chi connectivity index (χ3v) is 3.50. The molecule has 0 spiro atoms. The maximum absolute atomic E-state index is 11.8. The van der Waals surface area contributed by atoms with Gasteiger partial charge in [0, 0.05) is 25.0 Å². The lowest BCUT2D eigenvalue weighted by molar-refractivity contribution is -0.140. The highest BCUT2D eigenvalue weighted by Crippen LogP contribution is 2.32. The molecule has 3 atom stereocenters. The van der Waals surface area contributed by atoms with Crippen LogP contribution in [0.4, 0.5) is 0 Å². The minimum absolute atomic E-state index is 0.161. The van der Waals surface area contributed by atoms with Crippen LogP contribution in [0.2, 0.25) is 0 Å². The maximum Gasteiger partial charge on any atom is 0.398 e. The van der Waals surface area contributed by atoms with Gasteiger partial charge < -0.3 is 15.1 Å². The van der Waals surface area contributed by atoms with Crippen LogP contribution < -0.4 is 11.2 Å². The van der Waals surface area contributed by atoms with Gasteiger partial charge in [-0.3, -0.25) is 4.79 Å². The summed E-state index contributed by atoms with van der Waals surface area (Å²) in [6, 6.07) is -0.161. The van der Waals surface area contributed by atoms with Crippen molar-refractivity contribution in [2.45, 2.75) is 32.9 Å². The monoisotopic (exact) mass is 266 g/mol. The van der Waals surface area contributed by atoms with E-state index in [9.17, 15) is 9.59 Å². The van der Waals surface area contributed by atoms with Gasteiger partial charge in [0.05, 0.1) is 5.92 Å². The summed E-state index contributed by atoms with van der Waals surface area (Å²) < 4.78 is 1.63. The Hall–Kier alpha value is -1.89. The van der Waals surface area contributed by atoms with Crippen molar-refractivity contribution in [3.63, 3.8) is 0 Å². The zero-order chi connectivity index (χ0) is 14.0. The van der Waals surface area contributed by atoms with Crippen molar-refractivity contribution in [1.29, 1.82) is 0 Å². The van der Waals surface area contributed by atoms with Crippen molar-refractivity contribution in [2.24, 2.45) is 17.6 Å². The number of nitrogens with one attached hydrogen (secondary N) is 1. The van der Waals surface area contributed by atoms with Gasteiger partial charge in [-0.2, -0.15) is 5.48 Å². The van der Waals surface area contributed by atoms with Crippen LogP contribution in [-0.2, 0) is 16.2 Å². The van der Waals surface area contributed by atoms with Gasteiger partial charge in [0.1, 0.15) is 0 Å². The SMILES string of the molecule is CCn1ccnc1C(=O)ONC(=O)C1[C@H](C)C[C@H]1N. The van der Waals surface area contributed by atoms with E-state index in [1.807, 2.05) is 13.8 Å². The van der Waals surface area contributed by atoms with Crippen LogP contribution >= 0.6 is 0 Å². The van der Waals surface area contributed by atoms with Crippen molar-refractivity contribution in [2.75, 3.05) is 0 Å². The summed E-state index contributed by atoms with van der Waals surface area (Å²) in [6.07, 6.45) is 3.99. The number of nitrogens with two attached hydrogens (primary N) is 1. The summed E-state index contributed by atoms with van der Waals surface area (Å²) in [4.78, 5) is 32.2. The molecule has 0 radical (unpaired) electrons. The first-order valence-corrected chi connectivity index (χ1v) is 6.32. The molecule has 104 valence electrons. The van der Waals surface area contributed by atoms with Gasteiger partial charge in [0.25, 0.3) is 5.91 Å². The highest BCUT2D eigenvalue weighted by molar-refractivity contribution is 5.87. The van der Waals surface area contributed by atoms with Crippen LogP contribution in [0.1, 0.15) is 30.9 Å². The summed E-state index contributed by atoms with van der Waals surface area (Å²) in [5.41, 5.74) is 7.91. The third-order valence-electron chi connectivity index (χ3n) is 3.50. The molecule has 7 heteroatoms. The van der Waals surface area contributed by atoms with Gasteiger partial charge in [0.15, 0.2) is 0 Å². The fraction of sp³-hybridized carbons (Fsp3) is 0.583. The summed E-state index contributed by atoms with van der Waals surface area (Å²) >= 11 is 0. The number of nitrogens with zero attached hydrogens (tertiary/aromatic N) is 2. The fourth-order valence-corrected chi connectivity index (χ4v) is 2.37. The number of amides is 1. The first-order valence-electron chi connectivity index (χ1n) is 6.32. The predicted octanol–water partition coefficient (Wildman–Crippen LogP) is 0.0743. The van der Waals surface area contributed by atoms with Crippen LogP contribution in [-0.4, -0.2) is 27.5 Å². The number of imidazole rings is 1. The Morgan fingerprint density at radius 1 is 1.63 bits per heavy atom. The topological polar surface area (TPSA) is 99.2 Å². The number of carbonyl (C=O) groups excluding carboxylic acids is 2. The third kappa shape index (κ3) is 2.60. The van der Waals surface area contributed by atoms with E-state index in [0.717, 1.165) is 6.42 Å². The quantitative estimate of drug-likeness (QED) is 0.754. The van der Waals surface area contributed by atoms with Crippen molar-refractivity contribution >= 4 is 11.9 Å². The van der Waals surface area contributed by atoms with Gasteiger partial charge in [-0.15, -0.1) is 0 Å². The fourth-order valence-electron chi connectivity index (χ4n) is 2.37. The minimum Gasteiger partial charge on any atom is -0.332 e. The van der Waals surface area contributed by atoms with Crippen molar-refractivity contribution in [3.05, 3.63) is 18.2 Å². The lowest BCUT2D eigenvalue weighted by Gasteiger charge is -2.38. The van der Waals surface area contributed by atoms with Crippen LogP contribution in [0.5, 0.6) is 0 Å². The van der Waals surface area contributed by atoms with Crippen molar-refractivity contribution < 1.29 is 14.4 Å². The number of hydrogen-bond acceptors (Lipinski definition) is 5. The molecule has 1 fully saturated rings. The Morgan fingerprint density at radius 2 is 2.37 bits per heavy atom. The van der Waals surface area contributed by atoms with Gasteiger partial charge in [-0.05, 0) is 19.3 Å².